The minimum Gasteiger partial charge on any atom is -0.508 e. The molecule has 2 aromatic carbocycles. The normalized spacial score (nSPS) is 13.8. The number of rotatable bonds is 8. The fraction of sp³-hybridized carbons (Fsp3) is 0.417. The number of phenolic OH excluding ortho intramolecular Hbond substituents is 2. The third-order valence-corrected chi connectivity index (χ3v) is 5.38. The first-order valence-corrected chi connectivity index (χ1v) is 9.78. The molecule has 140 valence electrons. The fourth-order valence-corrected chi connectivity index (χ4v) is 3.50. The lowest BCUT2D eigenvalue weighted by Crippen LogP contribution is -1.99. The SMILES string of the molecule is CCC(C)c1c(O)cccc1/C=C/CCc1cccc(O)c1C(C)CC. The number of allylic oxidation sites excluding steroid dienone is 1. The molecular formula is C24H32O2. The van der Waals surface area contributed by atoms with E-state index >= 15 is 0 Å². The Morgan fingerprint density at radius 1 is 0.846 bits per heavy atom. The van der Waals surface area contributed by atoms with Gasteiger partial charge in [0.2, 0.25) is 0 Å². The van der Waals surface area contributed by atoms with Crippen molar-refractivity contribution in [3.05, 3.63) is 64.7 Å². The summed E-state index contributed by atoms with van der Waals surface area (Å²) in [5, 5.41) is 20.5. The van der Waals surface area contributed by atoms with Crippen LogP contribution in [-0.2, 0) is 6.42 Å². The van der Waals surface area contributed by atoms with Crippen molar-refractivity contribution in [2.75, 3.05) is 0 Å². The highest BCUT2D eigenvalue weighted by Crippen LogP contribution is 2.33. The molecule has 2 heteroatoms. The standard InChI is InChI=1S/C24H32O2/c1-5-17(3)23-19(13-9-15-21(23)25)11-7-8-12-20-14-10-16-22(26)24(20)18(4)6-2/h7,9-11,13-18,25-26H,5-6,8,12H2,1-4H3/b11-7+. The van der Waals surface area contributed by atoms with Crippen LogP contribution in [0.3, 0.4) is 0 Å². The van der Waals surface area contributed by atoms with E-state index in [9.17, 15) is 10.2 Å². The van der Waals surface area contributed by atoms with Gasteiger partial charge in [-0.2, -0.15) is 0 Å². The van der Waals surface area contributed by atoms with Crippen LogP contribution in [0.4, 0.5) is 0 Å². The van der Waals surface area contributed by atoms with E-state index < -0.39 is 0 Å². The van der Waals surface area contributed by atoms with Crippen LogP contribution in [0.5, 0.6) is 11.5 Å². The number of benzene rings is 2. The largest absolute Gasteiger partial charge is 0.508 e. The molecule has 0 aliphatic carbocycles. The van der Waals surface area contributed by atoms with E-state index in [0.717, 1.165) is 42.4 Å². The highest BCUT2D eigenvalue weighted by molar-refractivity contribution is 5.59. The smallest absolute Gasteiger partial charge is 0.119 e. The Balaban J connectivity index is 2.15. The van der Waals surface area contributed by atoms with E-state index in [1.165, 1.54) is 5.56 Å². The molecule has 2 atom stereocenters. The van der Waals surface area contributed by atoms with Gasteiger partial charge in [0, 0.05) is 5.56 Å². The third-order valence-electron chi connectivity index (χ3n) is 5.38. The lowest BCUT2D eigenvalue weighted by atomic mass is 9.90. The predicted octanol–water partition coefficient (Wildman–Crippen LogP) is 6.77. The molecule has 0 heterocycles. The average molecular weight is 353 g/mol. The number of phenols is 2. The molecule has 0 radical (unpaired) electrons. The van der Waals surface area contributed by atoms with Crippen LogP contribution in [-0.4, -0.2) is 10.2 Å². The highest BCUT2D eigenvalue weighted by Gasteiger charge is 2.14. The van der Waals surface area contributed by atoms with Crippen LogP contribution in [0, 0.1) is 0 Å². The summed E-state index contributed by atoms with van der Waals surface area (Å²) < 4.78 is 0. The molecule has 26 heavy (non-hydrogen) atoms. The fourth-order valence-electron chi connectivity index (χ4n) is 3.50. The maximum Gasteiger partial charge on any atom is 0.119 e. The van der Waals surface area contributed by atoms with Crippen LogP contribution >= 0.6 is 0 Å². The Labute approximate surface area is 158 Å². The van der Waals surface area contributed by atoms with Gasteiger partial charge in [-0.1, -0.05) is 64.1 Å². The Morgan fingerprint density at radius 3 is 2.08 bits per heavy atom. The van der Waals surface area contributed by atoms with E-state index in [1.54, 1.807) is 12.1 Å². The number of aromatic hydroxyl groups is 2. The van der Waals surface area contributed by atoms with Gasteiger partial charge in [-0.3, -0.25) is 0 Å². The van der Waals surface area contributed by atoms with Gasteiger partial charge >= 0.3 is 0 Å². The highest BCUT2D eigenvalue weighted by atomic mass is 16.3. The van der Waals surface area contributed by atoms with Gasteiger partial charge in [-0.25, -0.2) is 0 Å². The summed E-state index contributed by atoms with van der Waals surface area (Å²) in [6.45, 7) is 8.61. The molecule has 2 N–H and O–H groups in total. The van der Waals surface area contributed by atoms with Crippen LogP contribution < -0.4 is 0 Å². The van der Waals surface area contributed by atoms with Crippen molar-refractivity contribution >= 4 is 6.08 Å². The number of aryl methyl sites for hydroxylation is 1. The summed E-state index contributed by atoms with van der Waals surface area (Å²) in [6, 6.07) is 11.6. The Bertz CT molecular complexity index is 746. The molecule has 0 aromatic heterocycles. The topological polar surface area (TPSA) is 40.5 Å². The van der Waals surface area contributed by atoms with Gasteiger partial charge < -0.3 is 10.2 Å². The van der Waals surface area contributed by atoms with Crippen molar-refractivity contribution in [3.63, 3.8) is 0 Å². The van der Waals surface area contributed by atoms with Gasteiger partial charge in [-0.05, 0) is 66.3 Å². The molecule has 0 saturated heterocycles. The van der Waals surface area contributed by atoms with E-state index in [-0.39, 0.29) is 0 Å². The molecular weight excluding hydrogens is 320 g/mol. The number of hydrogen-bond acceptors (Lipinski definition) is 2. The molecule has 2 unspecified atom stereocenters. The summed E-state index contributed by atoms with van der Waals surface area (Å²) >= 11 is 0. The van der Waals surface area contributed by atoms with Crippen LogP contribution in [0.2, 0.25) is 0 Å². The van der Waals surface area contributed by atoms with Gasteiger partial charge in [0.15, 0.2) is 0 Å². The maximum absolute atomic E-state index is 10.2. The first-order valence-electron chi connectivity index (χ1n) is 9.78. The van der Waals surface area contributed by atoms with Crippen LogP contribution in [0.1, 0.15) is 81.0 Å². The zero-order chi connectivity index (χ0) is 19.1. The van der Waals surface area contributed by atoms with E-state index in [0.29, 0.717) is 23.3 Å². The molecule has 0 fully saturated rings. The van der Waals surface area contributed by atoms with E-state index in [1.807, 2.05) is 12.1 Å². The average Bonchev–Trinajstić information content (AvgIpc) is 2.64. The summed E-state index contributed by atoms with van der Waals surface area (Å²) in [5.41, 5.74) is 4.43. The van der Waals surface area contributed by atoms with Crippen molar-refractivity contribution < 1.29 is 10.2 Å². The van der Waals surface area contributed by atoms with Crippen molar-refractivity contribution in [2.24, 2.45) is 0 Å². The molecule has 0 bridgehead atoms. The summed E-state index contributed by atoms with van der Waals surface area (Å²) in [7, 11) is 0. The second-order valence-electron chi connectivity index (χ2n) is 7.19. The van der Waals surface area contributed by atoms with Crippen molar-refractivity contribution in [1.29, 1.82) is 0 Å². The maximum atomic E-state index is 10.2. The predicted molar refractivity (Wildman–Crippen MR) is 111 cm³/mol. The lowest BCUT2D eigenvalue weighted by molar-refractivity contribution is 0.460. The van der Waals surface area contributed by atoms with Crippen molar-refractivity contribution in [3.8, 4) is 11.5 Å². The second-order valence-corrected chi connectivity index (χ2v) is 7.19. The quantitative estimate of drug-likeness (QED) is 0.550. The lowest BCUT2D eigenvalue weighted by Gasteiger charge is -2.16. The van der Waals surface area contributed by atoms with Crippen molar-refractivity contribution in [1.82, 2.24) is 0 Å². The molecule has 2 nitrogen and oxygen atoms in total. The molecule has 0 spiro atoms. The van der Waals surface area contributed by atoms with Crippen molar-refractivity contribution in [2.45, 2.75) is 65.2 Å². The minimum absolute atomic E-state index is 0.332. The van der Waals surface area contributed by atoms with Gasteiger partial charge in [-0.15, -0.1) is 0 Å². The summed E-state index contributed by atoms with van der Waals surface area (Å²) in [5.74, 6) is 1.48. The Morgan fingerprint density at radius 2 is 1.42 bits per heavy atom. The first-order chi connectivity index (χ1) is 12.5. The number of hydrogen-bond donors (Lipinski definition) is 2. The Kier molecular flexibility index (Phi) is 7.32. The zero-order valence-corrected chi connectivity index (χ0v) is 16.5. The van der Waals surface area contributed by atoms with Gasteiger partial charge in [0.1, 0.15) is 11.5 Å². The van der Waals surface area contributed by atoms with Crippen LogP contribution in [0.15, 0.2) is 42.5 Å². The van der Waals surface area contributed by atoms with Gasteiger partial charge in [0.05, 0.1) is 0 Å². The molecule has 0 aliphatic heterocycles. The molecule has 0 saturated carbocycles. The first kappa shape index (κ1) is 20.1. The minimum atomic E-state index is 0.332. The summed E-state index contributed by atoms with van der Waals surface area (Å²) in [4.78, 5) is 0. The van der Waals surface area contributed by atoms with Gasteiger partial charge in [0.25, 0.3) is 0 Å². The summed E-state index contributed by atoms with van der Waals surface area (Å²) in [6.07, 6.45) is 8.12. The second kappa shape index (κ2) is 9.47. The van der Waals surface area contributed by atoms with E-state index in [2.05, 4.69) is 52.0 Å². The molecule has 2 aromatic rings. The Hall–Kier alpha value is -2.22. The third kappa shape index (κ3) is 4.69. The molecule has 0 aliphatic rings. The monoisotopic (exact) mass is 352 g/mol. The molecule has 0 amide bonds. The van der Waals surface area contributed by atoms with E-state index in [4.69, 9.17) is 0 Å². The molecule has 2 rings (SSSR count). The van der Waals surface area contributed by atoms with Crippen LogP contribution in [0.25, 0.3) is 6.08 Å². The zero-order valence-electron chi connectivity index (χ0n) is 16.5.